The third-order valence-corrected chi connectivity index (χ3v) is 9.91. The molecule has 0 radical (unpaired) electrons. The van der Waals surface area contributed by atoms with Crippen LogP contribution >= 0.6 is 0 Å². The van der Waals surface area contributed by atoms with Crippen molar-refractivity contribution in [2.75, 3.05) is 6.61 Å². The van der Waals surface area contributed by atoms with Crippen LogP contribution in [0.5, 0.6) is 0 Å². The first-order valence-electron chi connectivity index (χ1n) is 12.2. The van der Waals surface area contributed by atoms with Crippen molar-refractivity contribution in [3.05, 3.63) is 11.6 Å². The molecule has 0 heterocycles. The van der Waals surface area contributed by atoms with Crippen LogP contribution in [-0.2, 0) is 4.79 Å². The summed E-state index contributed by atoms with van der Waals surface area (Å²) < 4.78 is 0. The number of aliphatic hydroxyl groups is 2. The zero-order valence-corrected chi connectivity index (χ0v) is 19.0. The molecule has 4 aliphatic rings. The number of fused-ring (bicyclic) bond motifs is 5. The first kappa shape index (κ1) is 21.6. The molecule has 0 unspecified atom stereocenters. The molecule has 164 valence electrons. The van der Waals surface area contributed by atoms with E-state index in [1.54, 1.807) is 0 Å². The maximum absolute atomic E-state index is 12.1. The van der Waals surface area contributed by atoms with E-state index in [2.05, 4.69) is 19.9 Å². The number of rotatable bonds is 5. The molecule has 0 aromatic carbocycles. The fourth-order valence-corrected chi connectivity index (χ4v) is 8.33. The van der Waals surface area contributed by atoms with Crippen LogP contribution in [0.1, 0.15) is 91.9 Å². The van der Waals surface area contributed by atoms with Gasteiger partial charge in [0.2, 0.25) is 0 Å². The van der Waals surface area contributed by atoms with Crippen molar-refractivity contribution in [2.24, 2.45) is 40.4 Å². The van der Waals surface area contributed by atoms with Crippen LogP contribution in [0.2, 0.25) is 0 Å². The molecule has 4 aliphatic carbocycles. The van der Waals surface area contributed by atoms with E-state index < -0.39 is 5.60 Å². The van der Waals surface area contributed by atoms with Gasteiger partial charge in [-0.2, -0.15) is 0 Å². The molecular formula is C26H42O3. The van der Waals surface area contributed by atoms with Gasteiger partial charge in [-0.3, -0.25) is 4.79 Å². The van der Waals surface area contributed by atoms with Gasteiger partial charge in [0.15, 0.2) is 0 Å². The topological polar surface area (TPSA) is 57.5 Å². The Morgan fingerprint density at radius 2 is 1.97 bits per heavy atom. The van der Waals surface area contributed by atoms with Crippen LogP contribution < -0.4 is 0 Å². The Balaban J connectivity index is 1.55. The monoisotopic (exact) mass is 402 g/mol. The summed E-state index contributed by atoms with van der Waals surface area (Å²) in [5.74, 6) is 3.74. The average Bonchev–Trinajstić information content (AvgIpc) is 3.02. The number of aliphatic hydroxyl groups excluding tert-OH is 1. The Bertz CT molecular complexity index is 674. The van der Waals surface area contributed by atoms with Gasteiger partial charge in [0.05, 0.1) is 12.2 Å². The van der Waals surface area contributed by atoms with Gasteiger partial charge in [0.1, 0.15) is 5.78 Å². The fourth-order valence-electron chi connectivity index (χ4n) is 8.33. The van der Waals surface area contributed by atoms with Gasteiger partial charge < -0.3 is 10.2 Å². The van der Waals surface area contributed by atoms with Crippen molar-refractivity contribution in [1.29, 1.82) is 0 Å². The van der Waals surface area contributed by atoms with Crippen molar-refractivity contribution in [3.63, 3.8) is 0 Å². The maximum Gasteiger partial charge on any atom is 0.136 e. The minimum Gasteiger partial charge on any atom is -0.395 e. The predicted molar refractivity (Wildman–Crippen MR) is 116 cm³/mol. The number of allylic oxidation sites excluding steroid dienone is 1. The summed E-state index contributed by atoms with van der Waals surface area (Å²) in [6.07, 6.45) is 12.7. The van der Waals surface area contributed by atoms with E-state index in [0.717, 1.165) is 37.5 Å². The SMILES string of the molecule is C[C@H](CCC(C)(C)O)[C@H]1CC[C@H]2[C@@H]3CC=C4CC(=O)CC[C@]4(CO)[C@H]3CC[C@]12C. The second-order valence-electron chi connectivity index (χ2n) is 11.9. The number of carbonyl (C=O) groups excluding carboxylic acids is 1. The maximum atomic E-state index is 12.1. The highest BCUT2D eigenvalue weighted by molar-refractivity contribution is 5.82. The molecular weight excluding hydrogens is 360 g/mol. The van der Waals surface area contributed by atoms with E-state index >= 15 is 0 Å². The quantitative estimate of drug-likeness (QED) is 0.614. The highest BCUT2D eigenvalue weighted by atomic mass is 16.3. The van der Waals surface area contributed by atoms with Gasteiger partial charge in [-0.15, -0.1) is 0 Å². The van der Waals surface area contributed by atoms with Gasteiger partial charge in [-0.05, 0) is 100 Å². The summed E-state index contributed by atoms with van der Waals surface area (Å²) >= 11 is 0. The van der Waals surface area contributed by atoms with Crippen LogP contribution in [-0.4, -0.2) is 28.2 Å². The standard InChI is InChI=1S/C26H42O3/c1-17(9-12-24(2,3)29)21-7-8-22-20-6-5-18-15-19(28)10-14-26(18,16-27)23(20)11-13-25(21,22)4/h5,17,20-23,27,29H,6-16H2,1-4H3/t17-,20+,21-,22+,23+,25-,26-/m1/s1. The summed E-state index contributed by atoms with van der Waals surface area (Å²) in [5, 5.41) is 20.7. The van der Waals surface area contributed by atoms with Crippen molar-refractivity contribution in [2.45, 2.75) is 97.5 Å². The molecule has 3 saturated carbocycles. The molecule has 3 fully saturated rings. The molecule has 29 heavy (non-hydrogen) atoms. The molecule has 2 N–H and O–H groups in total. The zero-order chi connectivity index (χ0) is 21.0. The highest BCUT2D eigenvalue weighted by Crippen LogP contribution is 2.67. The highest BCUT2D eigenvalue weighted by Gasteiger charge is 2.60. The lowest BCUT2D eigenvalue weighted by atomic mass is 9.46. The summed E-state index contributed by atoms with van der Waals surface area (Å²) in [5.41, 5.74) is 0.991. The van der Waals surface area contributed by atoms with Gasteiger partial charge in [0, 0.05) is 18.3 Å². The Kier molecular flexibility index (Phi) is 5.56. The fraction of sp³-hybridized carbons (Fsp3) is 0.885. The lowest BCUT2D eigenvalue weighted by molar-refractivity contribution is -0.124. The summed E-state index contributed by atoms with van der Waals surface area (Å²) in [6, 6.07) is 0. The van der Waals surface area contributed by atoms with Crippen LogP contribution in [0.3, 0.4) is 0 Å². The average molecular weight is 403 g/mol. The number of ketones is 1. The van der Waals surface area contributed by atoms with Crippen LogP contribution in [0.25, 0.3) is 0 Å². The van der Waals surface area contributed by atoms with Crippen molar-refractivity contribution < 1.29 is 15.0 Å². The molecule has 3 heteroatoms. The predicted octanol–water partition coefficient (Wildman–Crippen LogP) is 5.29. The summed E-state index contributed by atoms with van der Waals surface area (Å²) in [7, 11) is 0. The second kappa shape index (κ2) is 7.48. The molecule has 0 aliphatic heterocycles. The molecule has 0 spiro atoms. The lowest BCUT2D eigenvalue weighted by Gasteiger charge is -2.58. The van der Waals surface area contributed by atoms with Crippen molar-refractivity contribution in [3.8, 4) is 0 Å². The third-order valence-electron chi connectivity index (χ3n) is 9.91. The lowest BCUT2D eigenvalue weighted by Crippen LogP contribution is -2.53. The summed E-state index contributed by atoms with van der Waals surface area (Å²) in [4.78, 5) is 12.1. The van der Waals surface area contributed by atoms with E-state index in [0.29, 0.717) is 41.8 Å². The molecule has 0 aromatic rings. The Labute approximate surface area is 177 Å². The largest absolute Gasteiger partial charge is 0.395 e. The Morgan fingerprint density at radius 1 is 1.21 bits per heavy atom. The Morgan fingerprint density at radius 3 is 2.66 bits per heavy atom. The van der Waals surface area contributed by atoms with Gasteiger partial charge in [-0.25, -0.2) is 0 Å². The normalized spacial score (nSPS) is 43.2. The van der Waals surface area contributed by atoms with E-state index in [1.165, 1.54) is 31.3 Å². The molecule has 0 saturated heterocycles. The molecule has 0 amide bonds. The van der Waals surface area contributed by atoms with Gasteiger partial charge >= 0.3 is 0 Å². The Hall–Kier alpha value is -0.670. The number of Topliss-reactive ketones (excluding diaryl/α,β-unsaturated/α-hetero) is 1. The smallest absolute Gasteiger partial charge is 0.136 e. The van der Waals surface area contributed by atoms with Gasteiger partial charge in [0.25, 0.3) is 0 Å². The van der Waals surface area contributed by atoms with E-state index in [-0.39, 0.29) is 12.0 Å². The van der Waals surface area contributed by atoms with Crippen LogP contribution in [0.4, 0.5) is 0 Å². The number of hydrogen-bond acceptors (Lipinski definition) is 3. The van der Waals surface area contributed by atoms with E-state index in [4.69, 9.17) is 0 Å². The van der Waals surface area contributed by atoms with Crippen molar-refractivity contribution in [1.82, 2.24) is 0 Å². The number of hydrogen-bond donors (Lipinski definition) is 2. The first-order valence-corrected chi connectivity index (χ1v) is 12.2. The third kappa shape index (κ3) is 3.55. The van der Waals surface area contributed by atoms with Crippen molar-refractivity contribution >= 4 is 5.78 Å². The van der Waals surface area contributed by atoms with Gasteiger partial charge in [-0.1, -0.05) is 25.5 Å². The zero-order valence-electron chi connectivity index (χ0n) is 19.0. The second-order valence-corrected chi connectivity index (χ2v) is 11.9. The molecule has 4 rings (SSSR count). The molecule has 0 bridgehead atoms. The minimum atomic E-state index is -0.568. The minimum absolute atomic E-state index is 0.108. The van der Waals surface area contributed by atoms with Crippen LogP contribution in [0.15, 0.2) is 11.6 Å². The van der Waals surface area contributed by atoms with E-state index in [9.17, 15) is 15.0 Å². The first-order chi connectivity index (χ1) is 13.6. The molecule has 7 atom stereocenters. The van der Waals surface area contributed by atoms with E-state index in [1.807, 2.05) is 13.8 Å². The molecule has 0 aromatic heterocycles. The summed E-state index contributed by atoms with van der Waals surface area (Å²) in [6.45, 7) is 9.05. The number of carbonyl (C=O) groups is 1. The molecule has 3 nitrogen and oxygen atoms in total. The van der Waals surface area contributed by atoms with Crippen LogP contribution in [0, 0.1) is 40.4 Å².